The number of rotatable bonds is 7. The Bertz CT molecular complexity index is 451. The van der Waals surface area contributed by atoms with E-state index in [1.54, 1.807) is 13.2 Å². The summed E-state index contributed by atoms with van der Waals surface area (Å²) in [4.78, 5) is 10.5. The van der Waals surface area contributed by atoms with Crippen molar-refractivity contribution in [1.29, 1.82) is 0 Å². The molecular formula is C15H20O4. The van der Waals surface area contributed by atoms with E-state index in [2.05, 4.69) is 6.92 Å². The molecule has 1 atom stereocenters. The second kappa shape index (κ2) is 7.59. The van der Waals surface area contributed by atoms with E-state index in [0.717, 1.165) is 29.4 Å². The van der Waals surface area contributed by atoms with Crippen molar-refractivity contribution in [3.05, 3.63) is 35.4 Å². The van der Waals surface area contributed by atoms with Gasteiger partial charge in [0.15, 0.2) is 0 Å². The van der Waals surface area contributed by atoms with Crippen LogP contribution in [0.1, 0.15) is 31.4 Å². The molecule has 1 aromatic carbocycles. The second-order valence-electron chi connectivity index (χ2n) is 4.27. The minimum Gasteiger partial charge on any atom is -0.496 e. The zero-order valence-electron chi connectivity index (χ0n) is 11.6. The zero-order chi connectivity index (χ0) is 14.3. The maximum absolute atomic E-state index is 10.5. The molecule has 0 saturated heterocycles. The lowest BCUT2D eigenvalue weighted by Crippen LogP contribution is -2.07. The SMILES string of the molecule is CCC(C)OCc1cc(/C=C/C(=O)O)ccc1OC. The summed E-state index contributed by atoms with van der Waals surface area (Å²) in [5.41, 5.74) is 1.72. The molecule has 0 saturated carbocycles. The Morgan fingerprint density at radius 1 is 1.47 bits per heavy atom. The van der Waals surface area contributed by atoms with Gasteiger partial charge in [0.05, 0.1) is 19.8 Å². The molecule has 4 nitrogen and oxygen atoms in total. The summed E-state index contributed by atoms with van der Waals surface area (Å²) < 4.78 is 11.0. The van der Waals surface area contributed by atoms with Crippen molar-refractivity contribution in [2.24, 2.45) is 0 Å². The van der Waals surface area contributed by atoms with Crippen LogP contribution in [-0.2, 0) is 16.1 Å². The van der Waals surface area contributed by atoms with E-state index < -0.39 is 5.97 Å². The van der Waals surface area contributed by atoms with Gasteiger partial charge in [-0.05, 0) is 37.1 Å². The lowest BCUT2D eigenvalue weighted by atomic mass is 10.1. The number of carbonyl (C=O) groups is 1. The Balaban J connectivity index is 2.86. The smallest absolute Gasteiger partial charge is 0.328 e. The number of ether oxygens (including phenoxy) is 2. The molecule has 0 fully saturated rings. The number of hydrogen-bond acceptors (Lipinski definition) is 3. The molecule has 0 aromatic heterocycles. The zero-order valence-corrected chi connectivity index (χ0v) is 11.6. The van der Waals surface area contributed by atoms with E-state index in [1.807, 2.05) is 25.1 Å². The van der Waals surface area contributed by atoms with Gasteiger partial charge in [-0.25, -0.2) is 4.79 Å². The molecule has 0 aliphatic rings. The summed E-state index contributed by atoms with van der Waals surface area (Å²) in [5, 5.41) is 8.62. The molecule has 1 N–H and O–H groups in total. The molecule has 4 heteroatoms. The van der Waals surface area contributed by atoms with E-state index in [1.165, 1.54) is 0 Å². The molecule has 1 unspecified atom stereocenters. The Kier molecular flexibility index (Phi) is 6.09. The fourth-order valence-corrected chi connectivity index (χ4v) is 1.53. The first kappa shape index (κ1) is 15.2. The summed E-state index contributed by atoms with van der Waals surface area (Å²) in [6.07, 6.45) is 3.79. The monoisotopic (exact) mass is 264 g/mol. The predicted octanol–water partition coefficient (Wildman–Crippen LogP) is 3.11. The van der Waals surface area contributed by atoms with E-state index >= 15 is 0 Å². The van der Waals surface area contributed by atoms with Gasteiger partial charge < -0.3 is 14.6 Å². The molecule has 0 spiro atoms. The van der Waals surface area contributed by atoms with Crippen LogP contribution in [0.5, 0.6) is 5.75 Å². The molecular weight excluding hydrogens is 244 g/mol. The fraction of sp³-hybridized carbons (Fsp3) is 0.400. The van der Waals surface area contributed by atoms with E-state index in [0.29, 0.717) is 6.61 Å². The van der Waals surface area contributed by atoms with Gasteiger partial charge in [0.2, 0.25) is 0 Å². The number of benzene rings is 1. The van der Waals surface area contributed by atoms with Crippen LogP contribution in [0.4, 0.5) is 0 Å². The summed E-state index contributed by atoms with van der Waals surface area (Å²) in [6.45, 7) is 4.53. The van der Waals surface area contributed by atoms with Gasteiger partial charge in [-0.2, -0.15) is 0 Å². The Morgan fingerprint density at radius 3 is 2.79 bits per heavy atom. The normalized spacial score (nSPS) is 12.6. The van der Waals surface area contributed by atoms with E-state index in [4.69, 9.17) is 14.6 Å². The van der Waals surface area contributed by atoms with Crippen LogP contribution in [0.3, 0.4) is 0 Å². The molecule has 0 heterocycles. The Hall–Kier alpha value is -1.81. The van der Waals surface area contributed by atoms with E-state index in [9.17, 15) is 4.79 Å². The van der Waals surface area contributed by atoms with Crippen LogP contribution in [0.2, 0.25) is 0 Å². The average Bonchev–Trinajstić information content (AvgIpc) is 2.42. The third-order valence-electron chi connectivity index (χ3n) is 2.82. The van der Waals surface area contributed by atoms with Crippen LogP contribution in [-0.4, -0.2) is 24.3 Å². The first-order valence-corrected chi connectivity index (χ1v) is 6.26. The quantitative estimate of drug-likeness (QED) is 0.769. The Labute approximate surface area is 113 Å². The molecule has 0 aliphatic heterocycles. The third-order valence-corrected chi connectivity index (χ3v) is 2.82. The van der Waals surface area contributed by atoms with Crippen molar-refractivity contribution in [3.63, 3.8) is 0 Å². The number of hydrogen-bond donors (Lipinski definition) is 1. The molecule has 1 rings (SSSR count). The van der Waals surface area contributed by atoms with Crippen molar-refractivity contribution in [1.82, 2.24) is 0 Å². The number of carboxylic acid groups (broad SMARTS) is 1. The lowest BCUT2D eigenvalue weighted by Gasteiger charge is -2.13. The molecule has 0 radical (unpaired) electrons. The largest absolute Gasteiger partial charge is 0.496 e. The van der Waals surface area contributed by atoms with Crippen molar-refractivity contribution >= 4 is 12.0 Å². The minimum atomic E-state index is -0.965. The molecule has 104 valence electrons. The number of methoxy groups -OCH3 is 1. The van der Waals surface area contributed by atoms with Gasteiger partial charge in [0, 0.05) is 11.6 Å². The Morgan fingerprint density at radius 2 is 2.21 bits per heavy atom. The van der Waals surface area contributed by atoms with E-state index in [-0.39, 0.29) is 6.10 Å². The highest BCUT2D eigenvalue weighted by molar-refractivity contribution is 5.85. The predicted molar refractivity (Wildman–Crippen MR) is 74.2 cm³/mol. The number of carboxylic acids is 1. The minimum absolute atomic E-state index is 0.183. The topological polar surface area (TPSA) is 55.8 Å². The summed E-state index contributed by atoms with van der Waals surface area (Å²) in [6, 6.07) is 5.50. The molecule has 19 heavy (non-hydrogen) atoms. The highest BCUT2D eigenvalue weighted by atomic mass is 16.5. The lowest BCUT2D eigenvalue weighted by molar-refractivity contribution is -0.131. The highest BCUT2D eigenvalue weighted by Gasteiger charge is 2.06. The van der Waals surface area contributed by atoms with Crippen molar-refractivity contribution in [2.75, 3.05) is 7.11 Å². The van der Waals surface area contributed by atoms with Crippen molar-refractivity contribution in [3.8, 4) is 5.75 Å². The van der Waals surface area contributed by atoms with Gasteiger partial charge in [0.25, 0.3) is 0 Å². The van der Waals surface area contributed by atoms with Gasteiger partial charge in [-0.15, -0.1) is 0 Å². The van der Waals surface area contributed by atoms with Crippen molar-refractivity contribution in [2.45, 2.75) is 33.0 Å². The maximum atomic E-state index is 10.5. The third kappa shape index (κ3) is 5.14. The van der Waals surface area contributed by atoms with Gasteiger partial charge in [-0.1, -0.05) is 13.0 Å². The summed E-state index contributed by atoms with van der Waals surface area (Å²) in [5.74, 6) is -0.219. The maximum Gasteiger partial charge on any atom is 0.328 e. The average molecular weight is 264 g/mol. The van der Waals surface area contributed by atoms with Crippen LogP contribution < -0.4 is 4.74 Å². The first-order valence-electron chi connectivity index (χ1n) is 6.26. The molecule has 0 amide bonds. The van der Waals surface area contributed by atoms with Gasteiger partial charge in [0.1, 0.15) is 5.75 Å². The molecule has 0 bridgehead atoms. The fourth-order valence-electron chi connectivity index (χ4n) is 1.53. The van der Waals surface area contributed by atoms with Crippen molar-refractivity contribution < 1.29 is 19.4 Å². The van der Waals surface area contributed by atoms with Crippen LogP contribution in [0, 0.1) is 0 Å². The second-order valence-corrected chi connectivity index (χ2v) is 4.27. The standard InChI is InChI=1S/C15H20O4/c1-4-11(2)19-10-13-9-12(6-8-15(16)17)5-7-14(13)18-3/h5-9,11H,4,10H2,1-3H3,(H,16,17)/b8-6+. The summed E-state index contributed by atoms with van der Waals surface area (Å²) in [7, 11) is 1.61. The first-order chi connectivity index (χ1) is 9.06. The number of aliphatic carboxylic acids is 1. The van der Waals surface area contributed by atoms with Crippen LogP contribution >= 0.6 is 0 Å². The van der Waals surface area contributed by atoms with Gasteiger partial charge in [-0.3, -0.25) is 0 Å². The highest BCUT2D eigenvalue weighted by Crippen LogP contribution is 2.22. The summed E-state index contributed by atoms with van der Waals surface area (Å²) >= 11 is 0. The van der Waals surface area contributed by atoms with Gasteiger partial charge >= 0.3 is 5.97 Å². The molecule has 0 aliphatic carbocycles. The van der Waals surface area contributed by atoms with Crippen LogP contribution in [0.25, 0.3) is 6.08 Å². The molecule has 1 aromatic rings. The van der Waals surface area contributed by atoms with Crippen LogP contribution in [0.15, 0.2) is 24.3 Å².